The van der Waals surface area contributed by atoms with Gasteiger partial charge in [-0.3, -0.25) is 9.36 Å². The van der Waals surface area contributed by atoms with Crippen LogP contribution in [0.5, 0.6) is 0 Å². The minimum atomic E-state index is -0.899. The van der Waals surface area contributed by atoms with E-state index in [0.29, 0.717) is 5.16 Å². The molecule has 0 bridgehead atoms. The maximum absolute atomic E-state index is 11.9. The van der Waals surface area contributed by atoms with Crippen molar-refractivity contribution in [1.82, 2.24) is 14.8 Å². The quantitative estimate of drug-likeness (QED) is 0.787. The van der Waals surface area contributed by atoms with Crippen molar-refractivity contribution in [2.45, 2.75) is 56.6 Å². The van der Waals surface area contributed by atoms with Gasteiger partial charge in [0.25, 0.3) is 0 Å². The Hall–Kier alpha value is -1.24. The maximum atomic E-state index is 11.9. The van der Waals surface area contributed by atoms with Gasteiger partial charge in [0.1, 0.15) is 0 Å². The molecule has 7 heteroatoms. The molecule has 1 aliphatic rings. The number of carbonyl (C=O) groups is 1. The van der Waals surface area contributed by atoms with Gasteiger partial charge in [0.2, 0.25) is 0 Å². The molecule has 0 saturated heterocycles. The molecule has 0 amide bonds. The topological polar surface area (TPSA) is 88.0 Å². The molecule has 0 atom stereocenters. The molecule has 0 aromatic carbocycles. The zero-order chi connectivity index (χ0) is 14.5. The van der Waals surface area contributed by atoms with Crippen molar-refractivity contribution >= 4 is 17.7 Å². The van der Waals surface area contributed by atoms with Crippen molar-refractivity contribution in [2.24, 2.45) is 5.92 Å². The highest BCUT2D eigenvalue weighted by Crippen LogP contribution is 2.35. The third kappa shape index (κ3) is 3.65. The zero-order valence-electron chi connectivity index (χ0n) is 11.7. The second kappa shape index (κ2) is 6.97. The van der Waals surface area contributed by atoms with E-state index in [-0.39, 0.29) is 17.5 Å². The number of hydrogen-bond acceptors (Lipinski definition) is 4. The van der Waals surface area contributed by atoms with E-state index >= 15 is 0 Å². The van der Waals surface area contributed by atoms with Gasteiger partial charge < -0.3 is 5.11 Å². The molecule has 1 heterocycles. The third-order valence-electron chi connectivity index (χ3n) is 3.88. The zero-order valence-corrected chi connectivity index (χ0v) is 12.5. The average Bonchev–Trinajstić information content (AvgIpc) is 2.79. The van der Waals surface area contributed by atoms with Gasteiger partial charge in [-0.1, -0.05) is 31.5 Å². The molecule has 2 rings (SSSR count). The van der Waals surface area contributed by atoms with Crippen LogP contribution in [-0.4, -0.2) is 31.6 Å². The van der Waals surface area contributed by atoms with Gasteiger partial charge in [-0.15, -0.1) is 5.10 Å². The highest BCUT2D eigenvalue weighted by atomic mass is 32.2. The van der Waals surface area contributed by atoms with Gasteiger partial charge in [-0.2, -0.15) is 0 Å². The summed E-state index contributed by atoms with van der Waals surface area (Å²) in [5.41, 5.74) is -0.225. The van der Waals surface area contributed by atoms with Crippen LogP contribution < -0.4 is 5.69 Å². The molecule has 2 N–H and O–H groups in total. The predicted molar refractivity (Wildman–Crippen MR) is 77.1 cm³/mol. The summed E-state index contributed by atoms with van der Waals surface area (Å²) in [6.07, 6.45) is 6.70. The van der Waals surface area contributed by atoms with Crippen LogP contribution in [0.25, 0.3) is 0 Å². The van der Waals surface area contributed by atoms with Crippen LogP contribution in [0, 0.1) is 5.92 Å². The summed E-state index contributed by atoms with van der Waals surface area (Å²) >= 11 is 1.10. The first kappa shape index (κ1) is 15.2. The number of H-pyrrole nitrogens is 1. The van der Waals surface area contributed by atoms with Crippen LogP contribution in [0.1, 0.15) is 51.5 Å². The lowest BCUT2D eigenvalue weighted by Crippen LogP contribution is -2.27. The molecule has 1 aromatic rings. The minimum Gasteiger partial charge on any atom is -0.481 e. The summed E-state index contributed by atoms with van der Waals surface area (Å²) in [4.78, 5) is 22.5. The highest BCUT2D eigenvalue weighted by Gasteiger charge is 2.25. The normalized spacial score (nSPS) is 22.9. The fourth-order valence-electron chi connectivity index (χ4n) is 2.94. The Bertz CT molecular complexity index is 503. The number of aromatic nitrogens is 3. The number of hydrogen-bond donors (Lipinski definition) is 2. The Kier molecular flexibility index (Phi) is 5.28. The number of rotatable bonds is 6. The van der Waals surface area contributed by atoms with Gasteiger partial charge in [0.15, 0.2) is 5.16 Å². The smallest absolute Gasteiger partial charge is 0.344 e. The lowest BCUT2D eigenvalue weighted by molar-refractivity contribution is -0.133. The van der Waals surface area contributed by atoms with E-state index in [0.717, 1.165) is 43.4 Å². The minimum absolute atomic E-state index is 0.0739. The molecule has 1 aliphatic carbocycles. The third-order valence-corrected chi connectivity index (χ3v) is 4.81. The highest BCUT2D eigenvalue weighted by molar-refractivity contribution is 7.99. The Morgan fingerprint density at radius 3 is 2.75 bits per heavy atom. The van der Waals surface area contributed by atoms with E-state index in [1.165, 1.54) is 12.8 Å². The molecule has 1 fully saturated rings. The molecule has 1 aromatic heterocycles. The van der Waals surface area contributed by atoms with Crippen LogP contribution in [0.3, 0.4) is 0 Å². The molecule has 20 heavy (non-hydrogen) atoms. The van der Waals surface area contributed by atoms with Crippen molar-refractivity contribution in [2.75, 3.05) is 5.75 Å². The van der Waals surface area contributed by atoms with Crippen LogP contribution in [0.4, 0.5) is 0 Å². The largest absolute Gasteiger partial charge is 0.481 e. The van der Waals surface area contributed by atoms with Crippen LogP contribution >= 0.6 is 11.8 Å². The first-order valence-corrected chi connectivity index (χ1v) is 8.11. The van der Waals surface area contributed by atoms with Gasteiger partial charge in [-0.25, -0.2) is 9.89 Å². The summed E-state index contributed by atoms with van der Waals surface area (Å²) in [6.45, 7) is 2.20. The van der Waals surface area contributed by atoms with Crippen molar-refractivity contribution in [3.8, 4) is 0 Å². The second-order valence-corrected chi connectivity index (χ2v) is 6.27. The van der Waals surface area contributed by atoms with Gasteiger partial charge in [0.05, 0.1) is 5.75 Å². The SMILES string of the molecule is CCCC1CCC(n2c(SCC(=O)O)n[nH]c2=O)CC1. The van der Waals surface area contributed by atoms with E-state index in [9.17, 15) is 9.59 Å². The van der Waals surface area contributed by atoms with E-state index in [2.05, 4.69) is 17.1 Å². The number of nitrogens with one attached hydrogen (secondary N) is 1. The van der Waals surface area contributed by atoms with E-state index in [1.807, 2.05) is 0 Å². The van der Waals surface area contributed by atoms with E-state index < -0.39 is 5.97 Å². The molecular weight excluding hydrogens is 278 g/mol. The fraction of sp³-hybridized carbons (Fsp3) is 0.769. The van der Waals surface area contributed by atoms with Crippen molar-refractivity contribution < 1.29 is 9.90 Å². The summed E-state index contributed by atoms with van der Waals surface area (Å²) in [7, 11) is 0. The molecule has 1 saturated carbocycles. The summed E-state index contributed by atoms with van der Waals surface area (Å²) < 4.78 is 1.65. The number of nitrogens with zero attached hydrogens (tertiary/aromatic N) is 2. The maximum Gasteiger partial charge on any atom is 0.344 e. The molecule has 6 nitrogen and oxygen atoms in total. The van der Waals surface area contributed by atoms with Gasteiger partial charge in [-0.05, 0) is 31.6 Å². The van der Waals surface area contributed by atoms with E-state index in [4.69, 9.17) is 5.11 Å². The Labute approximate surface area is 122 Å². The Morgan fingerprint density at radius 2 is 2.15 bits per heavy atom. The van der Waals surface area contributed by atoms with Crippen LogP contribution in [0.15, 0.2) is 9.95 Å². The lowest BCUT2D eigenvalue weighted by atomic mass is 9.83. The first-order chi connectivity index (χ1) is 9.61. The molecule has 112 valence electrons. The monoisotopic (exact) mass is 299 g/mol. The molecule has 0 aliphatic heterocycles. The van der Waals surface area contributed by atoms with Crippen LogP contribution in [0.2, 0.25) is 0 Å². The van der Waals surface area contributed by atoms with Crippen molar-refractivity contribution in [3.63, 3.8) is 0 Å². The van der Waals surface area contributed by atoms with Gasteiger partial charge in [0, 0.05) is 6.04 Å². The first-order valence-electron chi connectivity index (χ1n) is 7.13. The van der Waals surface area contributed by atoms with Gasteiger partial charge >= 0.3 is 11.7 Å². The summed E-state index contributed by atoms with van der Waals surface area (Å²) in [5, 5.41) is 15.6. The molecule has 0 radical (unpaired) electrons. The Morgan fingerprint density at radius 1 is 1.45 bits per heavy atom. The van der Waals surface area contributed by atoms with Crippen LogP contribution in [-0.2, 0) is 4.79 Å². The molecule has 0 unspecified atom stereocenters. The Balaban J connectivity index is 2.03. The standard InChI is InChI=1S/C13H21N3O3S/c1-2-3-9-4-6-10(7-5-9)16-12(19)14-15-13(16)20-8-11(17)18/h9-10H,2-8H2,1H3,(H,14,19)(H,17,18). The number of carboxylic acids is 1. The van der Waals surface area contributed by atoms with Crippen molar-refractivity contribution in [1.29, 1.82) is 0 Å². The number of aliphatic carboxylic acids is 1. The molecular formula is C13H21N3O3S. The number of carboxylic acid groups (broad SMARTS) is 1. The average molecular weight is 299 g/mol. The number of aromatic amines is 1. The fourth-order valence-corrected chi connectivity index (χ4v) is 3.67. The molecule has 0 spiro atoms. The van der Waals surface area contributed by atoms with Crippen molar-refractivity contribution in [3.05, 3.63) is 10.5 Å². The summed E-state index contributed by atoms with van der Waals surface area (Å²) in [5.74, 6) is -0.201. The van der Waals surface area contributed by atoms with E-state index in [1.54, 1.807) is 4.57 Å². The lowest BCUT2D eigenvalue weighted by Gasteiger charge is -2.29. The summed E-state index contributed by atoms with van der Waals surface area (Å²) in [6, 6.07) is 0.158. The number of thioether (sulfide) groups is 1. The second-order valence-electron chi connectivity index (χ2n) is 5.33. The predicted octanol–water partition coefficient (Wildman–Crippen LogP) is 2.28.